The van der Waals surface area contributed by atoms with Crippen molar-refractivity contribution < 1.29 is 18.7 Å². The highest BCUT2D eigenvalue weighted by atomic mass is 16.5. The maximum absolute atomic E-state index is 12.2. The zero-order chi connectivity index (χ0) is 21.9. The minimum Gasteiger partial charge on any atom is -0.496 e. The second-order valence-corrected chi connectivity index (χ2v) is 10.1. The number of benzene rings is 2. The van der Waals surface area contributed by atoms with Crippen LogP contribution in [0.3, 0.4) is 0 Å². The van der Waals surface area contributed by atoms with Gasteiger partial charge in [0, 0.05) is 16.5 Å². The van der Waals surface area contributed by atoms with E-state index in [1.165, 1.54) is 44.1 Å². The van der Waals surface area contributed by atoms with E-state index < -0.39 is 0 Å². The molecule has 4 nitrogen and oxygen atoms in total. The lowest BCUT2D eigenvalue weighted by Gasteiger charge is -2.57. The summed E-state index contributed by atoms with van der Waals surface area (Å²) < 4.78 is 17.6. The molecule has 0 aliphatic heterocycles. The van der Waals surface area contributed by atoms with Gasteiger partial charge in [0.05, 0.1) is 24.7 Å². The molecule has 0 atom stereocenters. The lowest BCUT2D eigenvalue weighted by molar-refractivity contribution is -0.00454. The Morgan fingerprint density at radius 2 is 1.66 bits per heavy atom. The Morgan fingerprint density at radius 3 is 2.25 bits per heavy atom. The number of carbonyl (C=O) groups excluding carboxylic acids is 1. The van der Waals surface area contributed by atoms with E-state index in [9.17, 15) is 4.79 Å². The minimum atomic E-state index is -0.286. The molecule has 0 N–H and O–H groups in total. The van der Waals surface area contributed by atoms with Gasteiger partial charge in [-0.05, 0) is 87.5 Å². The summed E-state index contributed by atoms with van der Waals surface area (Å²) in [7, 11) is 1.75. The first-order chi connectivity index (χ1) is 15.6. The molecule has 1 aromatic heterocycles. The van der Waals surface area contributed by atoms with Crippen LogP contribution in [-0.2, 0) is 10.2 Å². The third-order valence-corrected chi connectivity index (χ3v) is 8.12. The summed E-state index contributed by atoms with van der Waals surface area (Å²) in [5.41, 5.74) is 3.97. The van der Waals surface area contributed by atoms with Crippen molar-refractivity contribution in [3.05, 3.63) is 53.6 Å². The van der Waals surface area contributed by atoms with Crippen molar-refractivity contribution in [2.75, 3.05) is 13.7 Å². The van der Waals surface area contributed by atoms with Crippen LogP contribution < -0.4 is 4.74 Å². The number of carbonyl (C=O) groups is 1. The van der Waals surface area contributed by atoms with Crippen LogP contribution >= 0.6 is 0 Å². The van der Waals surface area contributed by atoms with Crippen LogP contribution in [0.1, 0.15) is 61.4 Å². The van der Waals surface area contributed by atoms with E-state index in [4.69, 9.17) is 13.9 Å². The van der Waals surface area contributed by atoms with Crippen molar-refractivity contribution in [1.82, 2.24) is 0 Å². The average Bonchev–Trinajstić information content (AvgIpc) is 3.19. The van der Waals surface area contributed by atoms with Crippen LogP contribution in [0.2, 0.25) is 0 Å². The molecule has 4 heteroatoms. The second-order valence-electron chi connectivity index (χ2n) is 10.1. The number of hydrogen-bond donors (Lipinski definition) is 0. The molecule has 3 aromatic rings. The van der Waals surface area contributed by atoms with Crippen LogP contribution in [0.5, 0.6) is 5.75 Å². The molecular weight excluding hydrogens is 400 g/mol. The fourth-order valence-corrected chi connectivity index (χ4v) is 7.39. The van der Waals surface area contributed by atoms with Crippen molar-refractivity contribution >= 4 is 16.9 Å². The SMILES string of the molecule is CCOC(=O)c1ccc(-c2oc3cccc(OC)c3c2C23CC4CC(CC(C4)C2)C3)cc1. The van der Waals surface area contributed by atoms with Crippen molar-refractivity contribution in [1.29, 1.82) is 0 Å². The lowest BCUT2D eigenvalue weighted by Crippen LogP contribution is -2.48. The number of rotatable bonds is 5. The predicted molar refractivity (Wildman–Crippen MR) is 124 cm³/mol. The number of hydrogen-bond acceptors (Lipinski definition) is 4. The Bertz CT molecular complexity index is 1130. The molecule has 4 saturated carbocycles. The van der Waals surface area contributed by atoms with E-state index in [1.54, 1.807) is 7.11 Å². The zero-order valence-corrected chi connectivity index (χ0v) is 18.9. The van der Waals surface area contributed by atoms with Gasteiger partial charge in [0.25, 0.3) is 0 Å². The van der Waals surface area contributed by atoms with Gasteiger partial charge in [-0.2, -0.15) is 0 Å². The van der Waals surface area contributed by atoms with Gasteiger partial charge < -0.3 is 13.9 Å². The van der Waals surface area contributed by atoms with Gasteiger partial charge in [-0.1, -0.05) is 18.2 Å². The van der Waals surface area contributed by atoms with E-state index in [-0.39, 0.29) is 11.4 Å². The summed E-state index contributed by atoms with van der Waals surface area (Å²) in [6.45, 7) is 2.20. The lowest BCUT2D eigenvalue weighted by atomic mass is 9.47. The van der Waals surface area contributed by atoms with Gasteiger partial charge in [0.1, 0.15) is 17.1 Å². The molecule has 2 aromatic carbocycles. The van der Waals surface area contributed by atoms with Crippen molar-refractivity contribution in [2.24, 2.45) is 17.8 Å². The molecule has 0 saturated heterocycles. The Hall–Kier alpha value is -2.75. The molecule has 4 bridgehead atoms. The van der Waals surface area contributed by atoms with Crippen LogP contribution in [0.25, 0.3) is 22.3 Å². The largest absolute Gasteiger partial charge is 0.496 e. The molecule has 0 spiro atoms. The normalized spacial score (nSPS) is 28.2. The summed E-state index contributed by atoms with van der Waals surface area (Å²) in [5, 5.41) is 1.14. The Morgan fingerprint density at radius 1 is 1.00 bits per heavy atom. The minimum absolute atomic E-state index is 0.157. The molecule has 1 heterocycles. The van der Waals surface area contributed by atoms with E-state index >= 15 is 0 Å². The maximum atomic E-state index is 12.2. The molecular formula is C28H30O4. The maximum Gasteiger partial charge on any atom is 0.338 e. The topological polar surface area (TPSA) is 48.7 Å². The summed E-state index contributed by atoms with van der Waals surface area (Å²) in [6.07, 6.45) is 7.94. The zero-order valence-electron chi connectivity index (χ0n) is 18.9. The van der Waals surface area contributed by atoms with E-state index in [0.29, 0.717) is 12.2 Å². The monoisotopic (exact) mass is 430 g/mol. The van der Waals surface area contributed by atoms with Gasteiger partial charge in [0.2, 0.25) is 0 Å². The molecule has 166 valence electrons. The van der Waals surface area contributed by atoms with Gasteiger partial charge in [-0.3, -0.25) is 0 Å². The van der Waals surface area contributed by atoms with Crippen LogP contribution in [0.4, 0.5) is 0 Å². The molecule has 4 fully saturated rings. The first-order valence-electron chi connectivity index (χ1n) is 12.0. The third kappa shape index (κ3) is 2.99. The third-order valence-electron chi connectivity index (χ3n) is 8.12. The predicted octanol–water partition coefficient (Wildman–Crippen LogP) is 6.75. The molecule has 0 radical (unpaired) electrons. The van der Waals surface area contributed by atoms with E-state index in [0.717, 1.165) is 45.8 Å². The highest BCUT2D eigenvalue weighted by molar-refractivity contribution is 5.95. The Kier molecular flexibility index (Phi) is 4.60. The van der Waals surface area contributed by atoms with E-state index in [1.807, 2.05) is 37.3 Å². The van der Waals surface area contributed by atoms with Crippen molar-refractivity contribution in [2.45, 2.75) is 50.9 Å². The molecule has 32 heavy (non-hydrogen) atoms. The van der Waals surface area contributed by atoms with Crippen molar-refractivity contribution in [3.63, 3.8) is 0 Å². The fourth-order valence-electron chi connectivity index (χ4n) is 7.39. The van der Waals surface area contributed by atoms with Gasteiger partial charge in [0.15, 0.2) is 0 Å². The quantitative estimate of drug-likeness (QED) is 0.420. The number of methoxy groups -OCH3 is 1. The Balaban J connectivity index is 1.53. The van der Waals surface area contributed by atoms with Crippen LogP contribution in [-0.4, -0.2) is 19.7 Å². The average molecular weight is 431 g/mol. The highest BCUT2D eigenvalue weighted by Gasteiger charge is 2.53. The van der Waals surface area contributed by atoms with Crippen molar-refractivity contribution in [3.8, 4) is 17.1 Å². The number of esters is 1. The summed E-state index contributed by atoms with van der Waals surface area (Å²) in [5.74, 6) is 4.06. The number of furan rings is 1. The van der Waals surface area contributed by atoms with Gasteiger partial charge in [-0.25, -0.2) is 4.79 Å². The summed E-state index contributed by atoms with van der Waals surface area (Å²) >= 11 is 0. The second kappa shape index (κ2) is 7.40. The smallest absolute Gasteiger partial charge is 0.338 e. The van der Waals surface area contributed by atoms with Crippen LogP contribution in [0, 0.1) is 17.8 Å². The van der Waals surface area contributed by atoms with Crippen LogP contribution in [0.15, 0.2) is 46.9 Å². The molecule has 0 amide bonds. The van der Waals surface area contributed by atoms with Gasteiger partial charge in [-0.15, -0.1) is 0 Å². The fraction of sp³-hybridized carbons (Fsp3) is 0.464. The highest BCUT2D eigenvalue weighted by Crippen LogP contribution is 2.63. The molecule has 7 rings (SSSR count). The standard InChI is InChI=1S/C28H30O4/c1-3-31-27(29)21-9-7-20(8-10-21)26-25(24-22(30-2)5-4-6-23(24)32-26)28-14-17-11-18(15-28)13-19(12-17)16-28/h4-10,17-19H,3,11-16H2,1-2H3. The first kappa shape index (κ1) is 19.9. The number of ether oxygens (including phenoxy) is 2. The number of fused-ring (bicyclic) bond motifs is 1. The van der Waals surface area contributed by atoms with E-state index in [2.05, 4.69) is 12.1 Å². The summed E-state index contributed by atoms with van der Waals surface area (Å²) in [4.78, 5) is 12.2. The summed E-state index contributed by atoms with van der Waals surface area (Å²) in [6, 6.07) is 13.8. The first-order valence-corrected chi connectivity index (χ1v) is 12.0. The Labute approximate surface area is 188 Å². The molecule has 4 aliphatic rings. The van der Waals surface area contributed by atoms with Gasteiger partial charge >= 0.3 is 5.97 Å². The molecule has 0 unspecified atom stereocenters. The molecule has 4 aliphatic carbocycles.